The first-order chi connectivity index (χ1) is 13.5. The summed E-state index contributed by atoms with van der Waals surface area (Å²) in [5.41, 5.74) is 2.74. The Kier molecular flexibility index (Phi) is 7.03. The van der Waals surface area contributed by atoms with Crippen molar-refractivity contribution in [2.24, 2.45) is 0 Å². The summed E-state index contributed by atoms with van der Waals surface area (Å²) in [6.45, 7) is 6.27. The number of nitrogens with zero attached hydrogens (tertiary/aromatic N) is 1. The highest BCUT2D eigenvalue weighted by Crippen LogP contribution is 2.25. The van der Waals surface area contributed by atoms with Gasteiger partial charge >= 0.3 is 0 Å². The molecule has 5 nitrogen and oxygen atoms in total. The Morgan fingerprint density at radius 3 is 1.79 bits per heavy atom. The normalized spacial score (nSPS) is 15.7. The number of hydrogen-bond donors (Lipinski definition) is 2. The summed E-state index contributed by atoms with van der Waals surface area (Å²) in [4.78, 5) is 2.15. The number of β-amino-alcohol motifs (C(OH)–C–C–N with tert-alkyl or cyclic N) is 1. The molecule has 0 aromatic heterocycles. The van der Waals surface area contributed by atoms with Crippen LogP contribution in [0.3, 0.4) is 0 Å². The first-order valence-corrected chi connectivity index (χ1v) is 9.35. The lowest BCUT2D eigenvalue weighted by Crippen LogP contribution is -2.25. The fraction of sp³-hybridized carbons (Fsp3) is 0.364. The van der Waals surface area contributed by atoms with Gasteiger partial charge in [0.2, 0.25) is 0 Å². The zero-order valence-corrected chi connectivity index (χ0v) is 15.8. The molecule has 2 N–H and O–H groups in total. The summed E-state index contributed by atoms with van der Waals surface area (Å²) in [5, 5.41) is 19.1. The monoisotopic (exact) mass is 387 g/mol. The average molecular weight is 387 g/mol. The summed E-state index contributed by atoms with van der Waals surface area (Å²) in [6.07, 6.45) is -1.59. The summed E-state index contributed by atoms with van der Waals surface area (Å²) in [7, 11) is 0. The van der Waals surface area contributed by atoms with E-state index in [0.29, 0.717) is 18.0 Å². The molecular formula is C22H26FNO4. The van der Waals surface area contributed by atoms with Gasteiger partial charge in [0, 0.05) is 19.6 Å². The van der Waals surface area contributed by atoms with Crippen molar-refractivity contribution in [1.82, 2.24) is 4.90 Å². The van der Waals surface area contributed by atoms with Gasteiger partial charge < -0.3 is 19.7 Å². The van der Waals surface area contributed by atoms with Gasteiger partial charge in [0.15, 0.2) is 0 Å². The van der Waals surface area contributed by atoms with Crippen LogP contribution >= 0.6 is 0 Å². The first-order valence-electron chi connectivity index (χ1n) is 9.35. The lowest BCUT2D eigenvalue weighted by atomic mass is 9.99. The van der Waals surface area contributed by atoms with E-state index in [2.05, 4.69) is 11.5 Å². The van der Waals surface area contributed by atoms with Crippen LogP contribution in [-0.4, -0.2) is 66.8 Å². The maximum absolute atomic E-state index is 12.3. The molecule has 1 fully saturated rings. The van der Waals surface area contributed by atoms with Crippen molar-refractivity contribution in [3.05, 3.63) is 66.2 Å². The fourth-order valence-corrected chi connectivity index (χ4v) is 2.70. The number of hydrogen-bond acceptors (Lipinski definition) is 5. The van der Waals surface area contributed by atoms with E-state index in [1.807, 2.05) is 36.4 Å². The van der Waals surface area contributed by atoms with Crippen LogP contribution in [0.2, 0.25) is 0 Å². The topological polar surface area (TPSA) is 61.9 Å². The standard InChI is InChI=1S/C22H26FNO4/c1-16(17-2-6-21(7-3-17)27-14-19(25)12-23)18-4-8-22(9-5-18)28-15-20(26)13-24-10-11-24/h2-9,19-20,25-26H,1,10-15H2. The van der Waals surface area contributed by atoms with Crippen molar-refractivity contribution in [2.75, 3.05) is 39.5 Å². The van der Waals surface area contributed by atoms with E-state index in [4.69, 9.17) is 9.47 Å². The minimum Gasteiger partial charge on any atom is -0.491 e. The average Bonchev–Trinajstić information content (AvgIpc) is 3.54. The quantitative estimate of drug-likeness (QED) is 0.580. The predicted molar refractivity (Wildman–Crippen MR) is 106 cm³/mol. The third-order valence-corrected chi connectivity index (χ3v) is 4.48. The highest BCUT2D eigenvalue weighted by molar-refractivity contribution is 5.78. The second-order valence-electron chi connectivity index (χ2n) is 6.91. The Morgan fingerprint density at radius 2 is 1.36 bits per heavy atom. The van der Waals surface area contributed by atoms with Crippen LogP contribution in [0.15, 0.2) is 55.1 Å². The Hall–Kier alpha value is -2.41. The molecule has 0 radical (unpaired) electrons. The van der Waals surface area contributed by atoms with Crippen molar-refractivity contribution in [1.29, 1.82) is 0 Å². The Labute approximate surface area is 164 Å². The number of rotatable bonds is 11. The molecule has 6 heteroatoms. The Morgan fingerprint density at radius 1 is 0.893 bits per heavy atom. The molecule has 1 aliphatic rings. The van der Waals surface area contributed by atoms with Gasteiger partial charge in [0.05, 0.1) is 0 Å². The van der Waals surface area contributed by atoms with Crippen LogP contribution in [-0.2, 0) is 0 Å². The molecule has 0 saturated carbocycles. The van der Waals surface area contributed by atoms with Gasteiger partial charge in [0.1, 0.15) is 43.6 Å². The molecule has 3 rings (SSSR count). The number of benzene rings is 2. The predicted octanol–water partition coefficient (Wildman–Crippen LogP) is 2.51. The highest BCUT2D eigenvalue weighted by atomic mass is 19.1. The zero-order valence-electron chi connectivity index (χ0n) is 15.8. The number of ether oxygens (including phenoxy) is 2. The molecule has 2 unspecified atom stereocenters. The molecule has 2 aromatic carbocycles. The van der Waals surface area contributed by atoms with Crippen molar-refractivity contribution in [2.45, 2.75) is 12.2 Å². The molecule has 2 atom stereocenters. The van der Waals surface area contributed by atoms with Gasteiger partial charge in [-0.1, -0.05) is 30.8 Å². The van der Waals surface area contributed by atoms with Crippen LogP contribution in [0.25, 0.3) is 5.57 Å². The van der Waals surface area contributed by atoms with Gasteiger partial charge in [-0.15, -0.1) is 0 Å². The van der Waals surface area contributed by atoms with E-state index in [0.717, 1.165) is 29.8 Å². The lowest BCUT2D eigenvalue weighted by Gasteiger charge is -2.13. The SMILES string of the molecule is C=C(c1ccc(OCC(O)CF)cc1)c1ccc(OCC(O)CN2CC2)cc1. The summed E-state index contributed by atoms with van der Waals surface area (Å²) in [6, 6.07) is 14.8. The number of aliphatic hydroxyl groups excluding tert-OH is 2. The minimum absolute atomic E-state index is 0.0784. The van der Waals surface area contributed by atoms with Crippen LogP contribution in [0.4, 0.5) is 4.39 Å². The maximum Gasteiger partial charge on any atom is 0.119 e. The number of alkyl halides is 1. The second-order valence-corrected chi connectivity index (χ2v) is 6.91. The molecule has 1 saturated heterocycles. The van der Waals surface area contributed by atoms with E-state index in [-0.39, 0.29) is 13.2 Å². The van der Waals surface area contributed by atoms with E-state index in [1.54, 1.807) is 12.1 Å². The van der Waals surface area contributed by atoms with E-state index >= 15 is 0 Å². The van der Waals surface area contributed by atoms with Gasteiger partial charge in [0.25, 0.3) is 0 Å². The highest BCUT2D eigenvalue weighted by Gasteiger charge is 2.20. The maximum atomic E-state index is 12.3. The van der Waals surface area contributed by atoms with Crippen molar-refractivity contribution in [3.63, 3.8) is 0 Å². The van der Waals surface area contributed by atoms with Crippen molar-refractivity contribution in [3.8, 4) is 11.5 Å². The van der Waals surface area contributed by atoms with Crippen LogP contribution in [0, 0.1) is 0 Å². The molecule has 0 bridgehead atoms. The van der Waals surface area contributed by atoms with Crippen LogP contribution in [0.5, 0.6) is 11.5 Å². The van der Waals surface area contributed by atoms with Crippen molar-refractivity contribution >= 4 is 5.57 Å². The van der Waals surface area contributed by atoms with Gasteiger partial charge in [-0.05, 0) is 41.0 Å². The third-order valence-electron chi connectivity index (χ3n) is 4.48. The molecular weight excluding hydrogens is 361 g/mol. The van der Waals surface area contributed by atoms with Crippen LogP contribution < -0.4 is 9.47 Å². The largest absolute Gasteiger partial charge is 0.491 e. The molecule has 0 spiro atoms. The molecule has 2 aromatic rings. The van der Waals surface area contributed by atoms with Gasteiger partial charge in [-0.2, -0.15) is 0 Å². The smallest absolute Gasteiger partial charge is 0.119 e. The summed E-state index contributed by atoms with van der Waals surface area (Å²) < 4.78 is 23.2. The van der Waals surface area contributed by atoms with Crippen molar-refractivity contribution < 1.29 is 24.1 Å². The zero-order chi connectivity index (χ0) is 19.9. The van der Waals surface area contributed by atoms with E-state index in [1.165, 1.54) is 0 Å². The molecule has 0 amide bonds. The lowest BCUT2D eigenvalue weighted by molar-refractivity contribution is 0.0842. The molecule has 150 valence electrons. The van der Waals surface area contributed by atoms with Gasteiger partial charge in [-0.3, -0.25) is 4.90 Å². The van der Waals surface area contributed by atoms with Crippen LogP contribution in [0.1, 0.15) is 11.1 Å². The third kappa shape index (κ3) is 6.05. The fourth-order valence-electron chi connectivity index (χ4n) is 2.70. The van der Waals surface area contributed by atoms with E-state index < -0.39 is 18.9 Å². The Bertz CT molecular complexity index is 759. The molecule has 0 aliphatic carbocycles. The molecule has 1 heterocycles. The van der Waals surface area contributed by atoms with E-state index in [9.17, 15) is 14.6 Å². The molecule has 1 aliphatic heterocycles. The molecule has 28 heavy (non-hydrogen) atoms. The second kappa shape index (κ2) is 9.68. The van der Waals surface area contributed by atoms with Gasteiger partial charge in [-0.25, -0.2) is 4.39 Å². The summed E-state index contributed by atoms with van der Waals surface area (Å²) in [5.74, 6) is 1.27. The number of halogens is 1. The Balaban J connectivity index is 1.51. The minimum atomic E-state index is -1.11. The summed E-state index contributed by atoms with van der Waals surface area (Å²) >= 11 is 0. The number of aliphatic hydroxyl groups is 2. The first kappa shape index (κ1) is 20.3.